The molecule has 132 valence electrons. The Bertz CT molecular complexity index is 678. The zero-order chi connectivity index (χ0) is 17.0. The van der Waals surface area contributed by atoms with Gasteiger partial charge in [0.1, 0.15) is 0 Å². The minimum absolute atomic E-state index is 0.00406. The van der Waals surface area contributed by atoms with Gasteiger partial charge in [-0.3, -0.25) is 4.79 Å². The fourth-order valence-electron chi connectivity index (χ4n) is 3.28. The summed E-state index contributed by atoms with van der Waals surface area (Å²) in [5.74, 6) is 0.0360. The van der Waals surface area contributed by atoms with Gasteiger partial charge in [0.25, 0.3) is 0 Å². The zero-order valence-corrected chi connectivity index (χ0v) is 14.6. The summed E-state index contributed by atoms with van der Waals surface area (Å²) in [5.41, 5.74) is 0.542. The molecule has 2 fully saturated rings. The smallest absolute Gasteiger partial charge is 0.243 e. The summed E-state index contributed by atoms with van der Waals surface area (Å²) in [6.07, 6.45) is 5.19. The fourth-order valence-corrected chi connectivity index (χ4v) is 4.73. The summed E-state index contributed by atoms with van der Waals surface area (Å²) in [4.78, 5) is 12.6. The molecular formula is C17H24N2O4S. The van der Waals surface area contributed by atoms with Crippen molar-refractivity contribution in [2.75, 3.05) is 31.6 Å². The molecule has 2 aliphatic rings. The lowest BCUT2D eigenvalue weighted by Gasteiger charge is -2.26. The lowest BCUT2D eigenvalue weighted by molar-refractivity contribution is -0.120. The topological polar surface area (TPSA) is 75.7 Å². The average Bonchev–Trinajstić information content (AvgIpc) is 2.63. The van der Waals surface area contributed by atoms with Crippen LogP contribution < -0.4 is 5.32 Å². The summed E-state index contributed by atoms with van der Waals surface area (Å²) in [6, 6.07) is 6.52. The second-order valence-electron chi connectivity index (χ2n) is 6.37. The number of carbonyl (C=O) groups is 1. The number of hydrogen-bond donors (Lipinski definition) is 1. The van der Waals surface area contributed by atoms with Crippen molar-refractivity contribution in [2.45, 2.75) is 37.0 Å². The SMILES string of the molecule is O=C(Nc1cccc(S(=O)(=O)N2CCOCC2)c1)C1CCCCC1. The molecule has 1 saturated carbocycles. The number of hydrogen-bond acceptors (Lipinski definition) is 4. The molecule has 1 heterocycles. The first-order valence-corrected chi connectivity index (χ1v) is 10.0. The van der Waals surface area contributed by atoms with Crippen LogP contribution in [0.25, 0.3) is 0 Å². The minimum Gasteiger partial charge on any atom is -0.379 e. The Kier molecular flexibility index (Phi) is 5.53. The van der Waals surface area contributed by atoms with Crippen LogP contribution in [-0.4, -0.2) is 44.9 Å². The fraction of sp³-hybridized carbons (Fsp3) is 0.588. The number of amides is 1. The minimum atomic E-state index is -3.54. The van der Waals surface area contributed by atoms with Crippen LogP contribution in [0.2, 0.25) is 0 Å². The van der Waals surface area contributed by atoms with Gasteiger partial charge in [-0.05, 0) is 31.0 Å². The van der Waals surface area contributed by atoms with Crippen LogP contribution in [0.4, 0.5) is 5.69 Å². The number of nitrogens with zero attached hydrogens (tertiary/aromatic N) is 1. The number of anilines is 1. The average molecular weight is 352 g/mol. The van der Waals surface area contributed by atoms with Gasteiger partial charge in [-0.25, -0.2) is 8.42 Å². The van der Waals surface area contributed by atoms with E-state index in [9.17, 15) is 13.2 Å². The highest BCUT2D eigenvalue weighted by molar-refractivity contribution is 7.89. The predicted octanol–water partition coefficient (Wildman–Crippen LogP) is 2.23. The molecule has 1 aliphatic carbocycles. The van der Waals surface area contributed by atoms with Crippen molar-refractivity contribution in [2.24, 2.45) is 5.92 Å². The molecule has 6 nitrogen and oxygen atoms in total. The highest BCUT2D eigenvalue weighted by Gasteiger charge is 2.27. The van der Waals surface area contributed by atoms with Crippen molar-refractivity contribution < 1.29 is 17.9 Å². The van der Waals surface area contributed by atoms with Crippen LogP contribution in [-0.2, 0) is 19.6 Å². The van der Waals surface area contributed by atoms with E-state index in [4.69, 9.17) is 4.74 Å². The number of ether oxygens (including phenoxy) is 1. The van der Waals surface area contributed by atoms with E-state index in [2.05, 4.69) is 5.32 Å². The summed E-state index contributed by atoms with van der Waals surface area (Å²) >= 11 is 0. The molecule has 0 unspecified atom stereocenters. The Morgan fingerprint density at radius 3 is 2.54 bits per heavy atom. The molecule has 0 spiro atoms. The summed E-state index contributed by atoms with van der Waals surface area (Å²) < 4.78 is 32.0. The first kappa shape index (κ1) is 17.4. The molecule has 3 rings (SSSR count). The number of morpholine rings is 1. The molecule has 1 amide bonds. The van der Waals surface area contributed by atoms with E-state index >= 15 is 0 Å². The van der Waals surface area contributed by atoms with Crippen LogP contribution in [0.5, 0.6) is 0 Å². The molecule has 1 aromatic rings. The summed E-state index contributed by atoms with van der Waals surface area (Å²) in [7, 11) is -3.54. The van der Waals surface area contributed by atoms with Crippen molar-refractivity contribution in [1.29, 1.82) is 0 Å². The van der Waals surface area contributed by atoms with Gasteiger partial charge in [0.15, 0.2) is 0 Å². The van der Waals surface area contributed by atoms with Crippen LogP contribution in [0.3, 0.4) is 0 Å². The highest BCUT2D eigenvalue weighted by Crippen LogP contribution is 2.26. The Labute approximate surface area is 143 Å². The number of benzene rings is 1. The van der Waals surface area contributed by atoms with E-state index in [0.717, 1.165) is 25.7 Å². The summed E-state index contributed by atoms with van der Waals surface area (Å²) in [5, 5.41) is 2.88. The standard InChI is InChI=1S/C17H24N2O4S/c20-17(14-5-2-1-3-6-14)18-15-7-4-8-16(13-15)24(21,22)19-9-11-23-12-10-19/h4,7-8,13-14H,1-3,5-6,9-12H2,(H,18,20). The van der Waals surface area contributed by atoms with Crippen LogP contribution in [0, 0.1) is 5.92 Å². The first-order valence-electron chi connectivity index (χ1n) is 8.56. The molecule has 24 heavy (non-hydrogen) atoms. The molecule has 1 aliphatic heterocycles. The Morgan fingerprint density at radius 2 is 1.83 bits per heavy atom. The molecule has 0 bridgehead atoms. The summed E-state index contributed by atoms with van der Waals surface area (Å²) in [6.45, 7) is 1.55. The van der Waals surface area contributed by atoms with E-state index in [0.29, 0.717) is 32.0 Å². The molecule has 0 radical (unpaired) electrons. The lowest BCUT2D eigenvalue weighted by atomic mass is 9.88. The normalized spacial score (nSPS) is 20.7. The molecule has 1 N–H and O–H groups in total. The van der Waals surface area contributed by atoms with Crippen molar-refractivity contribution >= 4 is 21.6 Å². The monoisotopic (exact) mass is 352 g/mol. The Hall–Kier alpha value is -1.44. The molecule has 0 atom stereocenters. The van der Waals surface area contributed by atoms with Gasteiger partial charge in [0.2, 0.25) is 15.9 Å². The van der Waals surface area contributed by atoms with E-state index in [-0.39, 0.29) is 16.7 Å². The number of nitrogens with one attached hydrogen (secondary N) is 1. The third-order valence-corrected chi connectivity index (χ3v) is 6.58. The second-order valence-corrected chi connectivity index (χ2v) is 8.31. The third kappa shape index (κ3) is 3.96. The van der Waals surface area contributed by atoms with Crippen molar-refractivity contribution in [3.63, 3.8) is 0 Å². The van der Waals surface area contributed by atoms with Gasteiger partial charge in [-0.15, -0.1) is 0 Å². The third-order valence-electron chi connectivity index (χ3n) is 4.69. The maximum Gasteiger partial charge on any atom is 0.243 e. The first-order chi connectivity index (χ1) is 11.6. The van der Waals surface area contributed by atoms with E-state index in [1.165, 1.54) is 10.7 Å². The predicted molar refractivity (Wildman–Crippen MR) is 91.2 cm³/mol. The number of sulfonamides is 1. The molecular weight excluding hydrogens is 328 g/mol. The van der Waals surface area contributed by atoms with Gasteiger partial charge < -0.3 is 10.1 Å². The van der Waals surface area contributed by atoms with Crippen LogP contribution >= 0.6 is 0 Å². The van der Waals surface area contributed by atoms with E-state index in [1.807, 2.05) is 0 Å². The number of rotatable bonds is 4. The van der Waals surface area contributed by atoms with Gasteiger partial charge >= 0.3 is 0 Å². The van der Waals surface area contributed by atoms with Gasteiger partial charge in [0, 0.05) is 24.7 Å². The molecule has 7 heteroatoms. The Morgan fingerprint density at radius 1 is 1.12 bits per heavy atom. The van der Waals surface area contributed by atoms with E-state index in [1.54, 1.807) is 24.3 Å². The van der Waals surface area contributed by atoms with Gasteiger partial charge in [-0.2, -0.15) is 4.31 Å². The van der Waals surface area contributed by atoms with Crippen molar-refractivity contribution in [3.8, 4) is 0 Å². The zero-order valence-electron chi connectivity index (χ0n) is 13.7. The maximum absolute atomic E-state index is 12.7. The number of carbonyl (C=O) groups excluding carboxylic acids is 1. The van der Waals surface area contributed by atoms with Crippen LogP contribution in [0.1, 0.15) is 32.1 Å². The van der Waals surface area contributed by atoms with Gasteiger partial charge in [0.05, 0.1) is 18.1 Å². The lowest BCUT2D eigenvalue weighted by Crippen LogP contribution is -2.40. The Balaban J connectivity index is 1.72. The van der Waals surface area contributed by atoms with Crippen LogP contribution in [0.15, 0.2) is 29.2 Å². The molecule has 1 aromatic carbocycles. The maximum atomic E-state index is 12.7. The van der Waals surface area contributed by atoms with Crippen molar-refractivity contribution in [3.05, 3.63) is 24.3 Å². The largest absolute Gasteiger partial charge is 0.379 e. The second kappa shape index (κ2) is 7.63. The highest BCUT2D eigenvalue weighted by atomic mass is 32.2. The quantitative estimate of drug-likeness (QED) is 0.901. The van der Waals surface area contributed by atoms with Gasteiger partial charge in [-0.1, -0.05) is 25.3 Å². The molecule has 1 saturated heterocycles. The molecule has 0 aromatic heterocycles. The van der Waals surface area contributed by atoms with E-state index < -0.39 is 10.0 Å². The van der Waals surface area contributed by atoms with Crippen molar-refractivity contribution in [1.82, 2.24) is 4.31 Å².